The van der Waals surface area contributed by atoms with E-state index in [-0.39, 0.29) is 72.7 Å². The fourth-order valence-electron chi connectivity index (χ4n) is 4.43. The summed E-state index contributed by atoms with van der Waals surface area (Å²) in [6.07, 6.45) is 12.5. The molecule has 0 aromatic heterocycles. The maximum atomic E-state index is 11.7. The third-order valence-corrected chi connectivity index (χ3v) is 7.52. The van der Waals surface area contributed by atoms with Crippen molar-refractivity contribution in [3.63, 3.8) is 0 Å². The van der Waals surface area contributed by atoms with E-state index in [4.69, 9.17) is 28.4 Å². The summed E-state index contributed by atoms with van der Waals surface area (Å²) in [6.45, 7) is 8.91. The molecule has 0 radical (unpaired) electrons. The fraction of sp³-hybridized carbons (Fsp3) is 0.700. The van der Waals surface area contributed by atoms with Crippen LogP contribution in [0.4, 0.5) is 0 Å². The van der Waals surface area contributed by atoms with Crippen molar-refractivity contribution in [1.82, 2.24) is 9.80 Å². The second-order valence-electron chi connectivity index (χ2n) is 12.2. The molecule has 0 atom stereocenters. The zero-order valence-electron chi connectivity index (χ0n) is 36.3. The number of hydrogen-bond donors (Lipinski definition) is 1. The number of rotatable bonds is 33. The summed E-state index contributed by atoms with van der Waals surface area (Å²) in [5.41, 5.74) is 4.50. The van der Waals surface area contributed by atoms with Gasteiger partial charge in [0.25, 0.3) is 23.6 Å². The molecule has 2 aliphatic heterocycles. The van der Waals surface area contributed by atoms with Gasteiger partial charge in [-0.2, -0.15) is 0 Å². The van der Waals surface area contributed by atoms with Gasteiger partial charge >= 0.3 is 0 Å². The Balaban J connectivity index is -0.000000941. The Morgan fingerprint density at radius 3 is 1.07 bits per heavy atom. The van der Waals surface area contributed by atoms with E-state index in [1.807, 2.05) is 19.4 Å². The number of nitrogens with two attached hydrogens (primary N) is 1. The third kappa shape index (κ3) is 42.1. The number of ketones is 4. The molecule has 0 bridgehead atoms. The molecule has 2 rings (SSSR count). The van der Waals surface area contributed by atoms with Crippen LogP contribution < -0.4 is 5.73 Å². The van der Waals surface area contributed by atoms with Gasteiger partial charge < -0.3 is 34.2 Å². The molecule has 21 heteroatoms. The summed E-state index contributed by atoms with van der Waals surface area (Å²) in [6, 6.07) is 0. The Kier molecular flexibility index (Phi) is 49.8. The maximum absolute atomic E-state index is 11.7. The summed E-state index contributed by atoms with van der Waals surface area (Å²) in [7, 11) is 4.94. The quantitative estimate of drug-likeness (QED) is 0.0533. The zero-order valence-corrected chi connectivity index (χ0v) is 42.3. The Hall–Kier alpha value is -1.68. The number of carbonyl (C=O) groups is 8. The van der Waals surface area contributed by atoms with Crippen LogP contribution in [0.15, 0.2) is 24.3 Å². The van der Waals surface area contributed by atoms with Crippen LogP contribution in [0.2, 0.25) is 0 Å². The predicted octanol–water partition coefficient (Wildman–Crippen LogP) is 4.72. The van der Waals surface area contributed by atoms with Gasteiger partial charge in [-0.1, -0.05) is 24.8 Å². The van der Waals surface area contributed by atoms with Gasteiger partial charge in [0, 0.05) is 95.6 Å². The maximum Gasteiger partial charge on any atom is 0.253 e. The van der Waals surface area contributed by atoms with Gasteiger partial charge in [0.05, 0.1) is 66.1 Å². The van der Waals surface area contributed by atoms with E-state index in [1.54, 1.807) is 17.9 Å². The van der Waals surface area contributed by atoms with E-state index in [9.17, 15) is 38.4 Å². The molecule has 0 aliphatic carbocycles. The second-order valence-corrected chi connectivity index (χ2v) is 18.1. The number of Topliss-reactive ketones (excluding diaryl/α,β-unsaturated/α-hetero) is 4. The molecule has 2 heterocycles. The van der Waals surface area contributed by atoms with Crippen LogP contribution in [0.3, 0.4) is 0 Å². The largest absolute Gasteiger partial charge is 0.379 e. The average molecular weight is 1130 g/mol. The number of ether oxygens (including phenoxy) is 6. The molecule has 17 nitrogen and oxygen atoms in total. The van der Waals surface area contributed by atoms with Gasteiger partial charge in [0.15, 0.2) is 0 Å². The molecule has 0 spiro atoms. The van der Waals surface area contributed by atoms with E-state index in [1.165, 1.54) is 38.3 Å². The van der Waals surface area contributed by atoms with Crippen molar-refractivity contribution in [3.8, 4) is 0 Å². The molecule has 2 N–H and O–H groups in total. The highest BCUT2D eigenvalue weighted by Crippen LogP contribution is 2.07. The van der Waals surface area contributed by atoms with E-state index < -0.39 is 0 Å². The molecular weight excluding hydrogens is 1060 g/mol. The molecule has 0 aromatic rings. The summed E-state index contributed by atoms with van der Waals surface area (Å²) in [5.74, 6) is -1.16. The van der Waals surface area contributed by atoms with Crippen LogP contribution in [-0.4, -0.2) is 168 Å². The topological polar surface area (TPSA) is 224 Å². The van der Waals surface area contributed by atoms with Crippen LogP contribution in [0.25, 0.3) is 0 Å². The van der Waals surface area contributed by atoms with Gasteiger partial charge in [-0.15, -0.1) is 0 Å². The van der Waals surface area contributed by atoms with Gasteiger partial charge in [-0.05, 0) is 81.7 Å². The number of amides is 4. The molecule has 0 unspecified atom stereocenters. The minimum Gasteiger partial charge on any atom is -0.379 e. The zero-order chi connectivity index (χ0) is 46.5. The fourth-order valence-corrected chi connectivity index (χ4v) is 4.43. The monoisotopic (exact) mass is 1130 g/mol. The number of hydrogen-bond acceptors (Lipinski definition) is 17. The SMILES string of the molecule is CC(=O)CCOCCOCCOCCCC(=O)CCN1C(=O)C=CC1=O.CCC(=O)CCOCCOCCOCCCC(=O)CCN1C(=O)C=CC1=O.CN.CSI.CSI. The lowest BCUT2D eigenvalue weighted by molar-refractivity contribution is -0.139. The summed E-state index contributed by atoms with van der Waals surface area (Å²) in [5, 5.41) is 0. The lowest BCUT2D eigenvalue weighted by Crippen LogP contribution is -2.32. The highest BCUT2D eigenvalue weighted by atomic mass is 127. The molecule has 0 fully saturated rings. The molecule has 4 amide bonds. The minimum absolute atomic E-state index is 0.0000552. The molecule has 0 saturated heterocycles. The first-order chi connectivity index (χ1) is 29.4. The first kappa shape index (κ1) is 63.6. The highest BCUT2D eigenvalue weighted by molar-refractivity contribution is 14.2. The molecule has 0 aromatic carbocycles. The highest BCUT2D eigenvalue weighted by Gasteiger charge is 2.24. The van der Waals surface area contributed by atoms with Crippen LogP contribution in [0.5, 0.6) is 0 Å². The van der Waals surface area contributed by atoms with Crippen LogP contribution in [0, 0.1) is 0 Å². The molecule has 2 aliphatic rings. The normalized spacial score (nSPS) is 12.5. The molecular formula is C40H67I2N3O14S2. The summed E-state index contributed by atoms with van der Waals surface area (Å²) < 4.78 is 31.9. The predicted molar refractivity (Wildman–Crippen MR) is 255 cm³/mol. The van der Waals surface area contributed by atoms with Crippen molar-refractivity contribution >= 4 is 107 Å². The first-order valence-electron chi connectivity index (χ1n) is 19.8. The Morgan fingerprint density at radius 1 is 0.492 bits per heavy atom. The standard InChI is InChI=1S/C19H29NO7.C18H27NO7.2CH3IS.CH5N/c1-2-16(21)8-11-26-13-15-27-14-12-25-10-3-4-17(22)7-9-20-18(23)5-6-19(20)24;1-15(20)7-10-25-12-14-26-13-11-24-9-2-3-16(21)6-8-19-17(22)4-5-18(19)23;2*1-3-2;1-2/h5-6H,2-4,7-15H2,1H3;4-5H,2-3,6-14H2,1H3;2*1H3;2H2,1H3. The van der Waals surface area contributed by atoms with Gasteiger partial charge in [0.2, 0.25) is 0 Å². The second kappa shape index (κ2) is 47.8. The van der Waals surface area contributed by atoms with E-state index in [0.717, 1.165) is 9.80 Å². The van der Waals surface area contributed by atoms with E-state index in [2.05, 4.69) is 48.1 Å². The summed E-state index contributed by atoms with van der Waals surface area (Å²) >= 11 is 4.41. The molecule has 352 valence electrons. The van der Waals surface area contributed by atoms with Crippen molar-refractivity contribution in [2.24, 2.45) is 5.73 Å². The number of imide groups is 2. The van der Waals surface area contributed by atoms with Crippen molar-refractivity contribution in [3.05, 3.63) is 24.3 Å². The van der Waals surface area contributed by atoms with E-state index in [0.29, 0.717) is 124 Å². The smallest absolute Gasteiger partial charge is 0.253 e. The van der Waals surface area contributed by atoms with Crippen molar-refractivity contribution < 1.29 is 66.8 Å². The molecule has 0 saturated carbocycles. The van der Waals surface area contributed by atoms with Crippen molar-refractivity contribution in [2.75, 3.05) is 112 Å². The Labute approximate surface area is 394 Å². The Bertz CT molecular complexity index is 1260. The van der Waals surface area contributed by atoms with Crippen LogP contribution in [-0.2, 0) is 66.8 Å². The number of carbonyl (C=O) groups excluding carboxylic acids is 8. The van der Waals surface area contributed by atoms with Crippen LogP contribution >= 0.6 is 60.3 Å². The number of halogens is 2. The van der Waals surface area contributed by atoms with Crippen molar-refractivity contribution in [1.29, 1.82) is 0 Å². The average Bonchev–Trinajstić information content (AvgIpc) is 3.74. The van der Waals surface area contributed by atoms with Crippen molar-refractivity contribution in [2.45, 2.75) is 71.6 Å². The molecule has 61 heavy (non-hydrogen) atoms. The lowest BCUT2D eigenvalue weighted by atomic mass is 10.1. The summed E-state index contributed by atoms with van der Waals surface area (Å²) in [4.78, 5) is 92.7. The third-order valence-electron chi connectivity index (χ3n) is 7.52. The number of nitrogens with zero attached hydrogens (tertiary/aromatic N) is 2. The first-order valence-corrected chi connectivity index (χ1v) is 27.4. The lowest BCUT2D eigenvalue weighted by Gasteiger charge is -2.12. The Morgan fingerprint density at radius 2 is 0.770 bits per heavy atom. The van der Waals surface area contributed by atoms with Crippen LogP contribution in [0.1, 0.15) is 71.6 Å². The van der Waals surface area contributed by atoms with Gasteiger partial charge in [0.1, 0.15) is 23.1 Å². The minimum atomic E-state index is -0.365. The van der Waals surface area contributed by atoms with E-state index >= 15 is 0 Å². The van der Waals surface area contributed by atoms with Gasteiger partial charge in [-0.25, -0.2) is 0 Å². The van der Waals surface area contributed by atoms with Gasteiger partial charge in [-0.3, -0.25) is 48.2 Å².